The highest BCUT2D eigenvalue weighted by molar-refractivity contribution is 5.85. The molecule has 2 unspecified atom stereocenters. The van der Waals surface area contributed by atoms with Crippen LogP contribution in [-0.4, -0.2) is 29.5 Å². The van der Waals surface area contributed by atoms with Gasteiger partial charge in [0.05, 0.1) is 11.8 Å². The van der Waals surface area contributed by atoms with E-state index in [1.54, 1.807) is 0 Å². The van der Waals surface area contributed by atoms with Crippen LogP contribution >= 0.6 is 24.8 Å². The molecular weight excluding hydrogens is 399 g/mol. The number of hydrogen-bond donors (Lipinski definition) is 2. The number of aromatic nitrogens is 1. The number of halogens is 4. The second-order valence-corrected chi connectivity index (χ2v) is 6.30. The number of oxazole rings is 1. The van der Waals surface area contributed by atoms with Crippen LogP contribution in [0.25, 0.3) is 11.3 Å². The van der Waals surface area contributed by atoms with E-state index >= 15 is 0 Å². The van der Waals surface area contributed by atoms with Gasteiger partial charge in [-0.05, 0) is 38.4 Å². The van der Waals surface area contributed by atoms with Crippen molar-refractivity contribution in [2.45, 2.75) is 44.7 Å². The molecule has 1 fully saturated rings. The van der Waals surface area contributed by atoms with Crippen molar-refractivity contribution < 1.29 is 18.0 Å². The first-order valence-electron chi connectivity index (χ1n) is 8.46. The van der Waals surface area contributed by atoms with Gasteiger partial charge in [0.1, 0.15) is 11.6 Å². The number of nitrogens with zero attached hydrogens (tertiary/aromatic N) is 1. The summed E-state index contributed by atoms with van der Waals surface area (Å²) in [6, 6.07) is 3.65. The molecule has 27 heavy (non-hydrogen) atoms. The summed E-state index contributed by atoms with van der Waals surface area (Å²) in [6.45, 7) is 3.04. The largest absolute Gasteiger partial charge is 0.441 e. The molecule has 1 amide bonds. The zero-order valence-electron chi connectivity index (χ0n) is 14.8. The number of nitrogens with one attached hydrogen (secondary N) is 2. The van der Waals surface area contributed by atoms with E-state index in [1.165, 1.54) is 12.3 Å². The van der Waals surface area contributed by atoms with Gasteiger partial charge >= 0.3 is 0 Å². The highest BCUT2D eigenvalue weighted by atomic mass is 35.5. The fourth-order valence-corrected chi connectivity index (χ4v) is 2.98. The Morgan fingerprint density at radius 1 is 1.37 bits per heavy atom. The monoisotopic (exact) mass is 421 g/mol. The van der Waals surface area contributed by atoms with Crippen molar-refractivity contribution in [2.24, 2.45) is 0 Å². The molecule has 150 valence electrons. The Hall–Kier alpha value is -1.70. The third-order valence-electron chi connectivity index (χ3n) is 4.42. The quantitative estimate of drug-likeness (QED) is 0.772. The van der Waals surface area contributed by atoms with Gasteiger partial charge in [0.2, 0.25) is 5.91 Å². The zero-order valence-corrected chi connectivity index (χ0v) is 16.5. The second-order valence-electron chi connectivity index (χ2n) is 6.30. The van der Waals surface area contributed by atoms with Gasteiger partial charge in [-0.2, -0.15) is 0 Å². The number of carbonyl (C=O) groups excluding carboxylic acids is 1. The van der Waals surface area contributed by atoms with Crippen molar-refractivity contribution >= 4 is 30.7 Å². The van der Waals surface area contributed by atoms with Crippen LogP contribution in [0.3, 0.4) is 0 Å². The van der Waals surface area contributed by atoms with Gasteiger partial charge in [0, 0.05) is 31.0 Å². The fourth-order valence-electron chi connectivity index (χ4n) is 2.98. The molecule has 2 aromatic rings. The minimum Gasteiger partial charge on any atom is -0.441 e. The van der Waals surface area contributed by atoms with E-state index < -0.39 is 11.6 Å². The molecule has 1 aliphatic heterocycles. The number of benzene rings is 1. The molecule has 0 aliphatic carbocycles. The molecule has 0 bridgehead atoms. The van der Waals surface area contributed by atoms with Gasteiger partial charge in [-0.25, -0.2) is 13.8 Å². The molecule has 1 aromatic heterocycles. The Morgan fingerprint density at radius 2 is 2.15 bits per heavy atom. The van der Waals surface area contributed by atoms with E-state index in [0.717, 1.165) is 31.5 Å². The standard InChI is InChI=1S/C18H21F2N3O2.2ClH/c1-11-15(3-2-8-21-11)23-17(24)6-7-18-22-10-16(25-18)13-5-4-12(19)9-14(13)20;;/h4-5,9-11,15,21H,2-3,6-8H2,1H3,(H,23,24);2*1H. The first kappa shape index (κ1) is 23.3. The summed E-state index contributed by atoms with van der Waals surface area (Å²) in [5.74, 6) is -0.849. The Balaban J connectivity index is 0.00000182. The number of hydrogen-bond acceptors (Lipinski definition) is 4. The van der Waals surface area contributed by atoms with Crippen LogP contribution in [0.2, 0.25) is 0 Å². The maximum Gasteiger partial charge on any atom is 0.220 e. The Morgan fingerprint density at radius 3 is 2.85 bits per heavy atom. The van der Waals surface area contributed by atoms with Crippen LogP contribution in [-0.2, 0) is 11.2 Å². The lowest BCUT2D eigenvalue weighted by atomic mass is 10.00. The molecule has 9 heteroatoms. The topological polar surface area (TPSA) is 67.2 Å². The normalized spacial score (nSPS) is 18.9. The van der Waals surface area contributed by atoms with Gasteiger partial charge in [-0.3, -0.25) is 4.79 Å². The fraction of sp³-hybridized carbons (Fsp3) is 0.444. The van der Waals surface area contributed by atoms with Crippen LogP contribution < -0.4 is 10.6 Å². The number of rotatable bonds is 5. The summed E-state index contributed by atoms with van der Waals surface area (Å²) in [6.07, 6.45) is 3.96. The lowest BCUT2D eigenvalue weighted by Gasteiger charge is -2.30. The predicted octanol–water partition coefficient (Wildman–Crippen LogP) is 3.65. The SMILES string of the molecule is CC1NCCCC1NC(=O)CCc1ncc(-c2ccc(F)cc2F)o1.Cl.Cl. The van der Waals surface area contributed by atoms with Gasteiger partial charge in [0.25, 0.3) is 0 Å². The molecule has 2 heterocycles. The molecule has 0 saturated carbocycles. The number of aryl methyl sites for hydroxylation is 1. The highest BCUT2D eigenvalue weighted by Crippen LogP contribution is 2.24. The summed E-state index contributed by atoms with van der Waals surface area (Å²) in [4.78, 5) is 16.2. The lowest BCUT2D eigenvalue weighted by Crippen LogP contribution is -2.51. The average Bonchev–Trinajstić information content (AvgIpc) is 3.04. The lowest BCUT2D eigenvalue weighted by molar-refractivity contribution is -0.122. The molecule has 1 saturated heterocycles. The molecular formula is C18H23Cl2F2N3O2. The van der Waals surface area contributed by atoms with E-state index in [-0.39, 0.29) is 60.5 Å². The average molecular weight is 422 g/mol. The van der Waals surface area contributed by atoms with Crippen LogP contribution in [0, 0.1) is 11.6 Å². The smallest absolute Gasteiger partial charge is 0.220 e. The first-order chi connectivity index (χ1) is 12.0. The summed E-state index contributed by atoms with van der Waals surface area (Å²) >= 11 is 0. The third-order valence-corrected chi connectivity index (χ3v) is 4.42. The molecule has 0 spiro atoms. The van der Waals surface area contributed by atoms with E-state index in [4.69, 9.17) is 4.42 Å². The molecule has 2 N–H and O–H groups in total. The van der Waals surface area contributed by atoms with Crippen molar-refractivity contribution in [3.8, 4) is 11.3 Å². The molecule has 3 rings (SSSR count). The molecule has 1 aliphatic rings. The first-order valence-corrected chi connectivity index (χ1v) is 8.46. The van der Waals surface area contributed by atoms with Gasteiger partial charge in [0.15, 0.2) is 11.7 Å². The maximum absolute atomic E-state index is 13.8. The Bertz CT molecular complexity index is 758. The van der Waals surface area contributed by atoms with Crippen molar-refractivity contribution in [3.05, 3.63) is 41.9 Å². The molecule has 1 aromatic carbocycles. The molecule has 2 atom stereocenters. The Labute approximate surface area is 169 Å². The van der Waals surface area contributed by atoms with Crippen molar-refractivity contribution in [2.75, 3.05) is 6.54 Å². The van der Waals surface area contributed by atoms with E-state index in [2.05, 4.69) is 22.5 Å². The second kappa shape index (κ2) is 10.6. The minimum atomic E-state index is -0.709. The predicted molar refractivity (Wildman–Crippen MR) is 103 cm³/mol. The third kappa shape index (κ3) is 6.16. The number of amides is 1. The summed E-state index contributed by atoms with van der Waals surface area (Å²) in [5, 5.41) is 6.35. The Kier molecular flexibility index (Phi) is 9.15. The van der Waals surface area contributed by atoms with Gasteiger partial charge < -0.3 is 15.1 Å². The number of piperidine rings is 1. The molecule has 5 nitrogen and oxygen atoms in total. The number of carbonyl (C=O) groups is 1. The minimum absolute atomic E-state index is 0. The summed E-state index contributed by atoms with van der Waals surface area (Å²) < 4.78 is 32.2. The highest BCUT2D eigenvalue weighted by Gasteiger charge is 2.22. The van der Waals surface area contributed by atoms with Crippen LogP contribution in [0.4, 0.5) is 8.78 Å². The van der Waals surface area contributed by atoms with Crippen LogP contribution in [0.15, 0.2) is 28.8 Å². The van der Waals surface area contributed by atoms with Gasteiger partial charge in [-0.15, -0.1) is 24.8 Å². The summed E-state index contributed by atoms with van der Waals surface area (Å²) in [5.41, 5.74) is 0.145. The maximum atomic E-state index is 13.8. The van der Waals surface area contributed by atoms with Crippen molar-refractivity contribution in [1.29, 1.82) is 0 Å². The van der Waals surface area contributed by atoms with Gasteiger partial charge in [-0.1, -0.05) is 0 Å². The van der Waals surface area contributed by atoms with Crippen molar-refractivity contribution in [3.63, 3.8) is 0 Å². The van der Waals surface area contributed by atoms with E-state index in [0.29, 0.717) is 12.3 Å². The van der Waals surface area contributed by atoms with E-state index in [1.807, 2.05) is 0 Å². The van der Waals surface area contributed by atoms with Crippen LogP contribution in [0.1, 0.15) is 32.1 Å². The van der Waals surface area contributed by atoms with Crippen LogP contribution in [0.5, 0.6) is 0 Å². The van der Waals surface area contributed by atoms with E-state index in [9.17, 15) is 13.6 Å². The van der Waals surface area contributed by atoms with Crippen molar-refractivity contribution in [1.82, 2.24) is 15.6 Å². The summed E-state index contributed by atoms with van der Waals surface area (Å²) in [7, 11) is 0. The zero-order chi connectivity index (χ0) is 17.8. The molecule has 0 radical (unpaired) electrons.